The first kappa shape index (κ1) is 51.6. The van der Waals surface area contributed by atoms with Crippen molar-refractivity contribution in [2.45, 2.75) is 154 Å². The lowest BCUT2D eigenvalue weighted by atomic mass is 9.65. The number of nitrogens with one attached hydrogen (secondary N) is 9. The highest BCUT2D eigenvalue weighted by Gasteiger charge is 2.56. The van der Waals surface area contributed by atoms with Crippen LogP contribution in [-0.4, -0.2) is 197 Å². The Balaban J connectivity index is 1.15. The van der Waals surface area contributed by atoms with Crippen LogP contribution >= 0.6 is 0 Å². The molecule has 0 spiro atoms. The first-order valence-electron chi connectivity index (χ1n) is 21.4. The average Bonchev–Trinajstić information content (AvgIpc) is 3.19. The molecule has 18 atom stereocenters. The Morgan fingerprint density at radius 3 is 1.84 bits per heavy atom. The number of azo groups is 1. The molecule has 0 bridgehead atoms. The first-order valence-corrected chi connectivity index (χ1v) is 25.9. The summed E-state index contributed by atoms with van der Waals surface area (Å²) in [6, 6.07) is -4.86. The van der Waals surface area contributed by atoms with Gasteiger partial charge in [-0.05, 0) is 57.3 Å². The second kappa shape index (κ2) is 21.7. The Morgan fingerprint density at radius 2 is 1.23 bits per heavy atom. The summed E-state index contributed by atoms with van der Waals surface area (Å²) in [6.07, 6.45) is -6.74. The van der Waals surface area contributed by atoms with E-state index in [1.165, 1.54) is 0 Å². The number of aliphatic hydroxyl groups is 5. The summed E-state index contributed by atoms with van der Waals surface area (Å²) in [5, 5.41) is 92.4. The molecule has 2 saturated heterocycles. The number of aliphatic carboxylic acids is 1. The lowest BCUT2D eigenvalue weighted by molar-refractivity contribution is -0.143. The van der Waals surface area contributed by atoms with Crippen LogP contribution in [0.3, 0.4) is 0 Å². The van der Waals surface area contributed by atoms with Gasteiger partial charge >= 0.3 is 5.97 Å². The molecule has 2 heterocycles. The van der Waals surface area contributed by atoms with Crippen LogP contribution in [0.25, 0.3) is 0 Å². The maximum absolute atomic E-state index is 12.8. The zero-order chi connectivity index (χ0) is 46.7. The number of nitrogens with zero attached hydrogens (tertiary/aromatic N) is 3. The standard InChI is InChI=1S/C33H64N12O16S3/c46-9-7-45(8-10-47)31-38-30(41-33(52)42-31)35-20-6-5-16(13-22(20)63(56,57)58)34-28-37-29(40-32(51)39-28)36-21-14-17(62(53,54)55)11-15-12-23(64(59,60)61)25(26(48)24(15)21)44-43-19-4-2-1-3-18(19)27(49)50/h15-26,28-42,46-48,51-52H,1-14H2,(H,49,50)(H,53,54,55)(H,56,57,58)(H,59,60,61). The smallest absolute Gasteiger partial charge is 0.308 e. The highest BCUT2D eigenvalue weighted by molar-refractivity contribution is 7.87. The van der Waals surface area contributed by atoms with Crippen molar-refractivity contribution in [3.05, 3.63) is 0 Å². The Morgan fingerprint density at radius 1 is 0.641 bits per heavy atom. The van der Waals surface area contributed by atoms with E-state index in [1.807, 2.05) is 0 Å². The van der Waals surface area contributed by atoms with Crippen LogP contribution in [-0.2, 0) is 35.1 Å². The van der Waals surface area contributed by atoms with Gasteiger partial charge in [-0.2, -0.15) is 35.5 Å². The van der Waals surface area contributed by atoms with E-state index in [0.29, 0.717) is 32.1 Å². The summed E-state index contributed by atoms with van der Waals surface area (Å²) < 4.78 is 107. The molecule has 4 aliphatic carbocycles. The van der Waals surface area contributed by atoms with Gasteiger partial charge in [-0.1, -0.05) is 12.8 Å². The summed E-state index contributed by atoms with van der Waals surface area (Å²) in [5.74, 6) is -3.88. The van der Waals surface area contributed by atoms with Crippen molar-refractivity contribution < 1.29 is 74.3 Å². The molecule has 0 radical (unpaired) electrons. The van der Waals surface area contributed by atoms with Gasteiger partial charge in [0.15, 0.2) is 12.7 Å². The molecule has 0 amide bonds. The molecule has 18 N–H and O–H groups in total. The third-order valence-electron chi connectivity index (χ3n) is 13.4. The van der Waals surface area contributed by atoms with Gasteiger partial charge in [-0.25, -0.2) is 0 Å². The van der Waals surface area contributed by atoms with Crippen LogP contribution in [0, 0.1) is 17.8 Å². The number of rotatable bonds is 17. The van der Waals surface area contributed by atoms with Crippen LogP contribution in [0.2, 0.25) is 0 Å². The average molecular weight is 981 g/mol. The Kier molecular flexibility index (Phi) is 17.5. The Hall–Kier alpha value is -1.80. The van der Waals surface area contributed by atoms with Crippen LogP contribution in [0.5, 0.6) is 0 Å². The number of fused-ring (bicyclic) bond motifs is 1. The maximum Gasteiger partial charge on any atom is 0.308 e. The minimum absolute atomic E-state index is 0.135. The summed E-state index contributed by atoms with van der Waals surface area (Å²) >= 11 is 0. The topological polar surface area (TPSA) is 438 Å². The molecule has 6 aliphatic rings. The maximum atomic E-state index is 12.8. The monoisotopic (exact) mass is 980 g/mol. The van der Waals surface area contributed by atoms with Crippen LogP contribution in [0.15, 0.2) is 10.2 Å². The van der Waals surface area contributed by atoms with Crippen molar-refractivity contribution >= 4 is 36.3 Å². The van der Waals surface area contributed by atoms with E-state index in [4.69, 9.17) is 0 Å². The van der Waals surface area contributed by atoms with E-state index in [1.54, 1.807) is 4.90 Å². The highest BCUT2D eigenvalue weighted by Crippen LogP contribution is 2.45. The van der Waals surface area contributed by atoms with E-state index >= 15 is 0 Å². The fourth-order valence-electron chi connectivity index (χ4n) is 10.4. The van der Waals surface area contributed by atoms with Gasteiger partial charge in [0.2, 0.25) is 0 Å². The van der Waals surface area contributed by atoms with Gasteiger partial charge in [0.05, 0.1) is 36.5 Å². The van der Waals surface area contributed by atoms with Crippen molar-refractivity contribution in [3.8, 4) is 0 Å². The predicted octanol–water partition coefficient (Wildman–Crippen LogP) is -6.39. The summed E-state index contributed by atoms with van der Waals surface area (Å²) in [5.41, 5.74) is 0. The second-order valence-corrected chi connectivity index (χ2v) is 22.5. The number of aliphatic hydroxyl groups excluding tert-OH is 5. The number of carbonyl (C=O) groups is 1. The largest absolute Gasteiger partial charge is 0.481 e. The lowest BCUT2D eigenvalue weighted by Crippen LogP contribution is -2.77. The van der Waals surface area contributed by atoms with Crippen molar-refractivity contribution in [2.75, 3.05) is 26.3 Å². The molecule has 0 aromatic rings. The summed E-state index contributed by atoms with van der Waals surface area (Å²) in [7, 11) is -14.3. The number of carboxylic acid groups (broad SMARTS) is 1. The van der Waals surface area contributed by atoms with Gasteiger partial charge < -0.3 is 30.6 Å². The molecule has 4 saturated carbocycles. The van der Waals surface area contributed by atoms with Gasteiger partial charge in [-0.15, -0.1) is 0 Å². The van der Waals surface area contributed by atoms with Crippen LogP contribution in [0.4, 0.5) is 0 Å². The number of hydrogen-bond donors (Lipinski definition) is 18. The fourth-order valence-corrected chi connectivity index (χ4v) is 13.5. The Labute approximate surface area is 370 Å². The van der Waals surface area contributed by atoms with E-state index < -0.39 is 144 Å². The van der Waals surface area contributed by atoms with Crippen molar-refractivity contribution in [1.29, 1.82) is 0 Å². The van der Waals surface area contributed by atoms with E-state index in [0.717, 1.165) is 0 Å². The summed E-state index contributed by atoms with van der Waals surface area (Å²) in [6.45, 7) is -0.220. The molecule has 0 aromatic heterocycles. The molecule has 370 valence electrons. The van der Waals surface area contributed by atoms with Crippen molar-refractivity contribution in [1.82, 2.24) is 52.8 Å². The highest BCUT2D eigenvalue weighted by atomic mass is 32.2. The van der Waals surface area contributed by atoms with Crippen LogP contribution < -0.4 is 47.9 Å². The predicted molar refractivity (Wildman–Crippen MR) is 221 cm³/mol. The molecule has 2 aliphatic heterocycles. The molecule has 6 rings (SSSR count). The third kappa shape index (κ3) is 13.0. The minimum Gasteiger partial charge on any atom is -0.481 e. The molecule has 64 heavy (non-hydrogen) atoms. The van der Waals surface area contributed by atoms with Gasteiger partial charge in [0, 0.05) is 37.1 Å². The van der Waals surface area contributed by atoms with E-state index in [-0.39, 0.29) is 58.4 Å². The first-order chi connectivity index (χ1) is 30.0. The van der Waals surface area contributed by atoms with Gasteiger partial charge in [-0.3, -0.25) is 71.2 Å². The van der Waals surface area contributed by atoms with Gasteiger partial charge in [0.25, 0.3) is 30.4 Å². The van der Waals surface area contributed by atoms with E-state index in [2.05, 4.69) is 58.1 Å². The normalized spacial score (nSPS) is 41.8. The Bertz CT molecular complexity index is 1940. The molecule has 18 unspecified atom stereocenters. The quantitative estimate of drug-likeness (QED) is 0.0476. The molecular formula is C33H64N12O16S3. The van der Waals surface area contributed by atoms with Crippen LogP contribution in [0.1, 0.15) is 64.2 Å². The zero-order valence-corrected chi connectivity index (χ0v) is 37.2. The van der Waals surface area contributed by atoms with Crippen molar-refractivity contribution in [3.63, 3.8) is 0 Å². The minimum atomic E-state index is -4.93. The number of hydrogen-bond acceptors (Lipinski definition) is 24. The molecule has 31 heteroatoms. The van der Waals surface area contributed by atoms with E-state index in [9.17, 15) is 74.3 Å². The molecule has 0 aromatic carbocycles. The SMILES string of the molecule is O=C(O)C1CCCCC1N=NC1C(O)C2C(CC(S(=O)(=O)O)CC2NC2NC(O)NC(NC3CCC(NC4NC(O)NC(N(CCO)CCO)N4)C(S(=O)(=O)O)C3)N2)CC1S(=O)(=O)O. The summed E-state index contributed by atoms with van der Waals surface area (Å²) in [4.78, 5) is 13.5. The third-order valence-corrected chi connectivity index (χ3v) is 17.1. The number of carboxylic acids is 1. The lowest BCUT2D eigenvalue weighted by Gasteiger charge is -2.51. The zero-order valence-electron chi connectivity index (χ0n) is 34.7. The molecule has 28 nitrogen and oxygen atoms in total. The fraction of sp³-hybridized carbons (Fsp3) is 0.970. The van der Waals surface area contributed by atoms with Crippen molar-refractivity contribution in [2.24, 2.45) is 28.0 Å². The second-order valence-electron chi connectivity index (χ2n) is 17.5. The van der Waals surface area contributed by atoms with Gasteiger partial charge in [0.1, 0.15) is 41.7 Å². The molecule has 6 fully saturated rings. The molecular weight excluding hydrogens is 917 g/mol.